The Bertz CT molecular complexity index is 556. The molecule has 2 nitrogen and oxygen atoms in total. The molecule has 0 radical (unpaired) electrons. The van der Waals surface area contributed by atoms with Crippen LogP contribution in [-0.2, 0) is 5.54 Å². The van der Waals surface area contributed by atoms with Crippen LogP contribution in [0.3, 0.4) is 0 Å². The standard InChI is InChI=1S/C18H21NO/c1-2-20-17-10-8-16(9-11-17)18(19)12-15(13-18)14-6-4-3-5-7-14/h3-11,15H,2,12-13,19H2,1H3. The van der Waals surface area contributed by atoms with Crippen molar-refractivity contribution in [2.75, 3.05) is 6.61 Å². The highest BCUT2D eigenvalue weighted by atomic mass is 16.5. The van der Waals surface area contributed by atoms with E-state index in [9.17, 15) is 0 Å². The molecular weight excluding hydrogens is 246 g/mol. The largest absolute Gasteiger partial charge is 0.494 e. The number of nitrogens with two attached hydrogens (primary N) is 1. The zero-order valence-electron chi connectivity index (χ0n) is 11.9. The van der Waals surface area contributed by atoms with Crippen molar-refractivity contribution in [1.82, 2.24) is 0 Å². The van der Waals surface area contributed by atoms with Gasteiger partial charge in [-0.25, -0.2) is 0 Å². The van der Waals surface area contributed by atoms with Gasteiger partial charge in [0.15, 0.2) is 0 Å². The average Bonchev–Trinajstić information content (AvgIpc) is 2.46. The summed E-state index contributed by atoms with van der Waals surface area (Å²) in [5, 5.41) is 0. The summed E-state index contributed by atoms with van der Waals surface area (Å²) in [4.78, 5) is 0. The molecule has 1 saturated carbocycles. The maximum absolute atomic E-state index is 6.54. The minimum Gasteiger partial charge on any atom is -0.494 e. The highest BCUT2D eigenvalue weighted by Gasteiger charge is 2.42. The van der Waals surface area contributed by atoms with Gasteiger partial charge < -0.3 is 10.5 Å². The molecule has 2 N–H and O–H groups in total. The second kappa shape index (κ2) is 5.29. The number of benzene rings is 2. The molecule has 0 aromatic heterocycles. The second-order valence-electron chi connectivity index (χ2n) is 5.63. The molecule has 0 heterocycles. The minimum atomic E-state index is -0.175. The van der Waals surface area contributed by atoms with Crippen molar-refractivity contribution in [2.45, 2.75) is 31.2 Å². The van der Waals surface area contributed by atoms with E-state index in [1.807, 2.05) is 19.1 Å². The second-order valence-corrected chi connectivity index (χ2v) is 5.63. The first-order valence-electron chi connectivity index (χ1n) is 7.28. The molecule has 1 aliphatic carbocycles. The van der Waals surface area contributed by atoms with Gasteiger partial charge in [0.1, 0.15) is 5.75 Å². The summed E-state index contributed by atoms with van der Waals surface area (Å²) in [5.74, 6) is 1.51. The van der Waals surface area contributed by atoms with Crippen LogP contribution in [0, 0.1) is 0 Å². The molecule has 2 heteroatoms. The molecule has 0 bridgehead atoms. The van der Waals surface area contributed by atoms with Crippen molar-refractivity contribution < 1.29 is 4.74 Å². The normalized spacial score (nSPS) is 25.0. The van der Waals surface area contributed by atoms with Crippen LogP contribution >= 0.6 is 0 Å². The van der Waals surface area contributed by atoms with Crippen molar-refractivity contribution in [2.24, 2.45) is 5.73 Å². The summed E-state index contributed by atoms with van der Waals surface area (Å²) in [6.45, 7) is 2.69. The average molecular weight is 267 g/mol. The van der Waals surface area contributed by atoms with E-state index in [1.54, 1.807) is 0 Å². The molecule has 1 aliphatic rings. The molecule has 1 fully saturated rings. The predicted molar refractivity (Wildman–Crippen MR) is 81.9 cm³/mol. The smallest absolute Gasteiger partial charge is 0.119 e. The van der Waals surface area contributed by atoms with E-state index < -0.39 is 0 Å². The lowest BCUT2D eigenvalue weighted by Gasteiger charge is -2.45. The monoisotopic (exact) mass is 267 g/mol. The van der Waals surface area contributed by atoms with Gasteiger partial charge in [0, 0.05) is 5.54 Å². The van der Waals surface area contributed by atoms with Crippen LogP contribution in [0.15, 0.2) is 54.6 Å². The highest BCUT2D eigenvalue weighted by molar-refractivity contribution is 5.36. The van der Waals surface area contributed by atoms with Gasteiger partial charge in [-0.1, -0.05) is 42.5 Å². The Morgan fingerprint density at radius 2 is 1.70 bits per heavy atom. The van der Waals surface area contributed by atoms with E-state index in [0.717, 1.165) is 18.6 Å². The lowest BCUT2D eigenvalue weighted by Crippen LogP contribution is -2.47. The lowest BCUT2D eigenvalue weighted by atomic mass is 9.63. The van der Waals surface area contributed by atoms with Crippen molar-refractivity contribution in [1.29, 1.82) is 0 Å². The summed E-state index contributed by atoms with van der Waals surface area (Å²) in [6.07, 6.45) is 2.04. The summed E-state index contributed by atoms with van der Waals surface area (Å²) in [6, 6.07) is 18.9. The van der Waals surface area contributed by atoms with Gasteiger partial charge in [0.2, 0.25) is 0 Å². The molecule has 0 aliphatic heterocycles. The molecule has 0 spiro atoms. The van der Waals surface area contributed by atoms with Crippen LogP contribution in [0.1, 0.15) is 36.8 Å². The van der Waals surface area contributed by atoms with E-state index in [1.165, 1.54) is 11.1 Å². The third kappa shape index (κ3) is 2.44. The van der Waals surface area contributed by atoms with Gasteiger partial charge in [-0.2, -0.15) is 0 Å². The van der Waals surface area contributed by atoms with Crippen molar-refractivity contribution in [3.8, 4) is 5.75 Å². The molecule has 0 saturated heterocycles. The number of hydrogen-bond donors (Lipinski definition) is 1. The Kier molecular flexibility index (Phi) is 3.49. The zero-order valence-corrected chi connectivity index (χ0v) is 11.9. The van der Waals surface area contributed by atoms with Gasteiger partial charge in [-0.05, 0) is 48.9 Å². The highest BCUT2D eigenvalue weighted by Crippen LogP contribution is 2.49. The van der Waals surface area contributed by atoms with Crippen molar-refractivity contribution >= 4 is 0 Å². The third-order valence-corrected chi connectivity index (χ3v) is 4.23. The van der Waals surface area contributed by atoms with Gasteiger partial charge >= 0.3 is 0 Å². The van der Waals surface area contributed by atoms with Gasteiger partial charge in [0.05, 0.1) is 6.61 Å². The molecule has 0 amide bonds. The fraction of sp³-hybridized carbons (Fsp3) is 0.333. The van der Waals surface area contributed by atoms with Crippen LogP contribution in [0.2, 0.25) is 0 Å². The van der Waals surface area contributed by atoms with Crippen molar-refractivity contribution in [3.05, 3.63) is 65.7 Å². The SMILES string of the molecule is CCOc1ccc(C2(N)CC(c3ccccc3)C2)cc1. The Balaban J connectivity index is 1.69. The Morgan fingerprint density at radius 3 is 2.30 bits per heavy atom. The summed E-state index contributed by atoms with van der Waals surface area (Å²) in [7, 11) is 0. The number of ether oxygens (including phenoxy) is 1. The lowest BCUT2D eigenvalue weighted by molar-refractivity contribution is 0.209. The predicted octanol–water partition coefficient (Wildman–Crippen LogP) is 3.82. The molecule has 0 atom stereocenters. The first kappa shape index (κ1) is 13.2. The summed E-state index contributed by atoms with van der Waals surface area (Å²) < 4.78 is 5.47. The van der Waals surface area contributed by atoms with Crippen molar-refractivity contribution in [3.63, 3.8) is 0 Å². The van der Waals surface area contributed by atoms with Gasteiger partial charge in [0.25, 0.3) is 0 Å². The summed E-state index contributed by atoms with van der Waals surface area (Å²) >= 11 is 0. The van der Waals surface area contributed by atoms with E-state index in [-0.39, 0.29) is 5.54 Å². The van der Waals surface area contributed by atoms with Gasteiger partial charge in [-0.15, -0.1) is 0 Å². The quantitative estimate of drug-likeness (QED) is 0.914. The van der Waals surface area contributed by atoms with Crippen LogP contribution in [0.4, 0.5) is 0 Å². The van der Waals surface area contributed by atoms with Crippen LogP contribution in [0.25, 0.3) is 0 Å². The maximum Gasteiger partial charge on any atom is 0.119 e. The minimum absolute atomic E-state index is 0.175. The fourth-order valence-electron chi connectivity index (χ4n) is 3.07. The Labute approximate surface area is 120 Å². The molecule has 2 aromatic rings. The van der Waals surface area contributed by atoms with E-state index in [4.69, 9.17) is 10.5 Å². The third-order valence-electron chi connectivity index (χ3n) is 4.23. The topological polar surface area (TPSA) is 35.2 Å². The van der Waals surface area contributed by atoms with Crippen LogP contribution in [-0.4, -0.2) is 6.61 Å². The zero-order chi connectivity index (χ0) is 14.0. The van der Waals surface area contributed by atoms with E-state index in [2.05, 4.69) is 42.5 Å². The molecule has 20 heavy (non-hydrogen) atoms. The van der Waals surface area contributed by atoms with Crippen LogP contribution < -0.4 is 10.5 Å². The molecule has 104 valence electrons. The molecule has 3 rings (SSSR count). The number of hydrogen-bond acceptors (Lipinski definition) is 2. The fourth-order valence-corrected chi connectivity index (χ4v) is 3.07. The Morgan fingerprint density at radius 1 is 1.05 bits per heavy atom. The first-order chi connectivity index (χ1) is 9.71. The summed E-state index contributed by atoms with van der Waals surface area (Å²) in [5.41, 5.74) is 8.98. The van der Waals surface area contributed by atoms with E-state index in [0.29, 0.717) is 12.5 Å². The first-order valence-corrected chi connectivity index (χ1v) is 7.28. The maximum atomic E-state index is 6.54. The van der Waals surface area contributed by atoms with Gasteiger partial charge in [-0.3, -0.25) is 0 Å². The Hall–Kier alpha value is -1.80. The van der Waals surface area contributed by atoms with Crippen LogP contribution in [0.5, 0.6) is 5.75 Å². The number of rotatable bonds is 4. The molecule has 2 aromatic carbocycles. The molecular formula is C18H21NO. The molecule has 0 unspecified atom stereocenters. The van der Waals surface area contributed by atoms with E-state index >= 15 is 0 Å².